The van der Waals surface area contributed by atoms with Gasteiger partial charge >= 0.3 is 0 Å². The molecule has 2 nitrogen and oxygen atoms in total. The molecule has 2 rings (SSSR count). The molecule has 0 aliphatic heterocycles. The highest BCUT2D eigenvalue weighted by Crippen LogP contribution is 2.66. The van der Waals surface area contributed by atoms with E-state index >= 15 is 0 Å². The predicted molar refractivity (Wildman–Crippen MR) is 76.8 cm³/mol. The summed E-state index contributed by atoms with van der Waals surface area (Å²) in [6.07, 6.45) is 4.57. The second-order valence-electron chi connectivity index (χ2n) is 7.00. The molecule has 2 heteroatoms. The monoisotopic (exact) mass is 253 g/mol. The smallest absolute Gasteiger partial charge is 0.0637 e. The van der Waals surface area contributed by atoms with Gasteiger partial charge in [0.15, 0.2) is 0 Å². The molecule has 0 N–H and O–H groups in total. The number of hydrogen-bond donors (Lipinski definition) is 0. The van der Waals surface area contributed by atoms with Crippen molar-refractivity contribution in [3.63, 3.8) is 0 Å². The Morgan fingerprint density at radius 1 is 1.17 bits per heavy atom. The van der Waals surface area contributed by atoms with E-state index in [2.05, 4.69) is 39.5 Å². The van der Waals surface area contributed by atoms with Gasteiger partial charge in [-0.25, -0.2) is 0 Å². The van der Waals surface area contributed by atoms with E-state index in [1.165, 1.54) is 19.3 Å². The molecule has 0 aromatic rings. The third-order valence-electron chi connectivity index (χ3n) is 6.33. The summed E-state index contributed by atoms with van der Waals surface area (Å²) >= 11 is 0. The zero-order valence-corrected chi connectivity index (χ0v) is 13.0. The first-order valence-corrected chi connectivity index (χ1v) is 7.79. The van der Waals surface area contributed by atoms with Crippen LogP contribution < -0.4 is 0 Å². The van der Waals surface area contributed by atoms with E-state index in [0.717, 1.165) is 32.2 Å². The van der Waals surface area contributed by atoms with Crippen LogP contribution in [0.15, 0.2) is 0 Å². The number of nitrogens with zero attached hydrogens (tertiary/aromatic N) is 1. The highest BCUT2D eigenvalue weighted by atomic mass is 16.5. The van der Waals surface area contributed by atoms with Crippen molar-refractivity contribution in [3.8, 4) is 0 Å². The summed E-state index contributed by atoms with van der Waals surface area (Å²) in [5.74, 6) is 0.890. The number of ether oxygens (including phenoxy) is 1. The summed E-state index contributed by atoms with van der Waals surface area (Å²) in [4.78, 5) is 2.45. The minimum Gasteiger partial charge on any atom is -0.376 e. The Morgan fingerprint density at radius 2 is 1.83 bits per heavy atom. The molecule has 2 saturated carbocycles. The number of fused-ring (bicyclic) bond motifs is 2. The zero-order valence-electron chi connectivity index (χ0n) is 13.0. The normalized spacial score (nSPS) is 37.7. The highest BCUT2D eigenvalue weighted by Gasteiger charge is 2.61. The molecular weight excluding hydrogens is 222 g/mol. The Bertz CT molecular complexity index is 285. The van der Waals surface area contributed by atoms with E-state index in [1.54, 1.807) is 0 Å². The quantitative estimate of drug-likeness (QED) is 0.717. The summed E-state index contributed by atoms with van der Waals surface area (Å²) in [5, 5.41) is 0. The molecular formula is C16H31NO. The first kappa shape index (κ1) is 14.3. The molecule has 2 bridgehead atoms. The second kappa shape index (κ2) is 5.13. The second-order valence-corrected chi connectivity index (χ2v) is 7.00. The van der Waals surface area contributed by atoms with Crippen LogP contribution in [0.2, 0.25) is 0 Å². The lowest BCUT2D eigenvalue weighted by molar-refractivity contribution is -0.0514. The van der Waals surface area contributed by atoms with Crippen LogP contribution in [-0.2, 0) is 4.74 Å². The topological polar surface area (TPSA) is 12.5 Å². The van der Waals surface area contributed by atoms with Crippen molar-refractivity contribution < 1.29 is 4.74 Å². The maximum atomic E-state index is 6.27. The Morgan fingerprint density at radius 3 is 2.28 bits per heavy atom. The van der Waals surface area contributed by atoms with Gasteiger partial charge in [0, 0.05) is 6.54 Å². The van der Waals surface area contributed by atoms with Crippen LogP contribution in [0, 0.1) is 16.7 Å². The molecule has 0 heterocycles. The molecule has 0 unspecified atom stereocenters. The van der Waals surface area contributed by atoms with Crippen LogP contribution >= 0.6 is 0 Å². The number of hydrogen-bond acceptors (Lipinski definition) is 2. The third-order valence-corrected chi connectivity index (χ3v) is 6.33. The fraction of sp³-hybridized carbons (Fsp3) is 1.00. The summed E-state index contributed by atoms with van der Waals surface area (Å²) < 4.78 is 6.27. The van der Waals surface area contributed by atoms with Crippen molar-refractivity contribution in [3.05, 3.63) is 0 Å². The average Bonchev–Trinajstić information content (AvgIpc) is 2.67. The maximum Gasteiger partial charge on any atom is 0.0637 e. The Balaban J connectivity index is 1.85. The first-order chi connectivity index (χ1) is 8.45. The van der Waals surface area contributed by atoms with E-state index in [1.807, 2.05) is 0 Å². The van der Waals surface area contributed by atoms with Gasteiger partial charge in [-0.2, -0.15) is 0 Å². The summed E-state index contributed by atoms with van der Waals surface area (Å²) in [7, 11) is 0. The third kappa shape index (κ3) is 2.12. The first-order valence-electron chi connectivity index (χ1n) is 7.79. The van der Waals surface area contributed by atoms with Gasteiger partial charge in [-0.15, -0.1) is 0 Å². The fourth-order valence-electron chi connectivity index (χ4n) is 4.25. The molecule has 0 amide bonds. The van der Waals surface area contributed by atoms with Crippen LogP contribution in [0.5, 0.6) is 0 Å². The molecule has 18 heavy (non-hydrogen) atoms. The molecule has 3 atom stereocenters. The number of likely N-dealkylation sites (N-methyl/N-ethyl adjacent to an activating group) is 1. The molecule has 2 aliphatic rings. The van der Waals surface area contributed by atoms with Gasteiger partial charge < -0.3 is 9.64 Å². The molecule has 2 aliphatic carbocycles. The lowest BCUT2D eigenvalue weighted by atomic mass is 9.70. The molecule has 106 valence electrons. The molecule has 0 spiro atoms. The lowest BCUT2D eigenvalue weighted by Gasteiger charge is -2.39. The lowest BCUT2D eigenvalue weighted by Crippen LogP contribution is -2.38. The SMILES string of the molecule is CCN(CC)CCO[C@H]1C[C@@H]2CC[C@]1(C)C2(C)C. The van der Waals surface area contributed by atoms with Crippen LogP contribution in [0.25, 0.3) is 0 Å². The van der Waals surface area contributed by atoms with Crippen LogP contribution in [-0.4, -0.2) is 37.2 Å². The molecule has 0 aromatic heterocycles. The van der Waals surface area contributed by atoms with Crippen molar-refractivity contribution in [2.75, 3.05) is 26.2 Å². The Kier molecular flexibility index (Phi) is 4.08. The van der Waals surface area contributed by atoms with Crippen molar-refractivity contribution in [2.24, 2.45) is 16.7 Å². The molecule has 2 fully saturated rings. The largest absolute Gasteiger partial charge is 0.376 e. The van der Waals surface area contributed by atoms with Crippen molar-refractivity contribution in [1.82, 2.24) is 4.90 Å². The predicted octanol–water partition coefficient (Wildman–Crippen LogP) is 3.56. The maximum absolute atomic E-state index is 6.27. The van der Waals surface area contributed by atoms with Crippen LogP contribution in [0.4, 0.5) is 0 Å². The van der Waals surface area contributed by atoms with E-state index in [4.69, 9.17) is 4.74 Å². The van der Waals surface area contributed by atoms with Crippen molar-refractivity contribution in [2.45, 2.75) is 60.0 Å². The van der Waals surface area contributed by atoms with Crippen LogP contribution in [0.1, 0.15) is 53.9 Å². The van der Waals surface area contributed by atoms with Crippen molar-refractivity contribution >= 4 is 0 Å². The molecule has 0 radical (unpaired) electrons. The average molecular weight is 253 g/mol. The van der Waals surface area contributed by atoms with E-state index in [9.17, 15) is 0 Å². The minimum absolute atomic E-state index is 0.418. The Hall–Kier alpha value is -0.0800. The van der Waals surface area contributed by atoms with E-state index in [-0.39, 0.29) is 0 Å². The van der Waals surface area contributed by atoms with E-state index < -0.39 is 0 Å². The number of rotatable bonds is 6. The minimum atomic E-state index is 0.418. The standard InChI is InChI=1S/C16H31NO/c1-6-17(7-2)10-11-18-14-12-13-8-9-16(14,5)15(13,3)4/h13-14H,6-12H2,1-5H3/t13-,14-,16-/m0/s1. The highest BCUT2D eigenvalue weighted by molar-refractivity contribution is 5.11. The summed E-state index contributed by atoms with van der Waals surface area (Å²) in [5.41, 5.74) is 0.897. The van der Waals surface area contributed by atoms with Crippen LogP contribution in [0.3, 0.4) is 0 Å². The molecule has 0 aromatic carbocycles. The van der Waals surface area contributed by atoms with Gasteiger partial charge in [-0.05, 0) is 49.1 Å². The van der Waals surface area contributed by atoms with Gasteiger partial charge in [0.2, 0.25) is 0 Å². The van der Waals surface area contributed by atoms with Crippen molar-refractivity contribution in [1.29, 1.82) is 0 Å². The van der Waals surface area contributed by atoms with Gasteiger partial charge in [0.05, 0.1) is 12.7 Å². The molecule has 0 saturated heterocycles. The van der Waals surface area contributed by atoms with Gasteiger partial charge in [0.1, 0.15) is 0 Å². The van der Waals surface area contributed by atoms with Gasteiger partial charge in [-0.3, -0.25) is 0 Å². The van der Waals surface area contributed by atoms with E-state index in [0.29, 0.717) is 16.9 Å². The summed E-state index contributed by atoms with van der Waals surface area (Å²) in [6, 6.07) is 0. The van der Waals surface area contributed by atoms with Gasteiger partial charge in [0.25, 0.3) is 0 Å². The summed E-state index contributed by atoms with van der Waals surface area (Å²) in [6.45, 7) is 16.1. The van der Waals surface area contributed by atoms with Gasteiger partial charge in [-0.1, -0.05) is 34.6 Å². The Labute approximate surface area is 113 Å². The zero-order chi connectivity index (χ0) is 13.4. The fourth-order valence-corrected chi connectivity index (χ4v) is 4.25.